The molecule has 31 heavy (non-hydrogen) atoms. The molecule has 2 aromatic rings. The molecule has 0 saturated carbocycles. The van der Waals surface area contributed by atoms with Crippen molar-refractivity contribution in [2.75, 3.05) is 37.7 Å². The van der Waals surface area contributed by atoms with Gasteiger partial charge in [0.2, 0.25) is 0 Å². The summed E-state index contributed by atoms with van der Waals surface area (Å²) in [5.74, 6) is -0.233. The van der Waals surface area contributed by atoms with Crippen molar-refractivity contribution in [2.24, 2.45) is 0 Å². The van der Waals surface area contributed by atoms with Crippen molar-refractivity contribution in [3.63, 3.8) is 0 Å². The number of aromatic nitrogens is 1. The van der Waals surface area contributed by atoms with Crippen LogP contribution in [0.1, 0.15) is 45.5 Å². The molecule has 0 radical (unpaired) electrons. The van der Waals surface area contributed by atoms with Gasteiger partial charge in [-0.1, -0.05) is 0 Å². The van der Waals surface area contributed by atoms with Crippen molar-refractivity contribution in [2.45, 2.75) is 31.7 Å². The molecule has 2 saturated heterocycles. The van der Waals surface area contributed by atoms with Crippen LogP contribution in [0.2, 0.25) is 0 Å². The van der Waals surface area contributed by atoms with Crippen LogP contribution in [0, 0.1) is 5.82 Å². The SMILES string of the molecule is O=C(NC1COC1)c1ccc(N2CCc3cc(C(=O)N4CCCCC4)cnc32)cc1F. The molecule has 1 aromatic carbocycles. The summed E-state index contributed by atoms with van der Waals surface area (Å²) in [5.41, 5.74) is 2.25. The smallest absolute Gasteiger partial charge is 0.255 e. The minimum Gasteiger partial charge on any atom is -0.377 e. The molecular formula is C23H25FN4O3. The molecule has 0 aliphatic carbocycles. The lowest BCUT2D eigenvalue weighted by atomic mass is 10.1. The van der Waals surface area contributed by atoms with Gasteiger partial charge in [0.25, 0.3) is 11.8 Å². The zero-order chi connectivity index (χ0) is 21.4. The Labute approximate surface area is 180 Å². The van der Waals surface area contributed by atoms with Crippen LogP contribution >= 0.6 is 0 Å². The molecule has 3 aliphatic heterocycles. The van der Waals surface area contributed by atoms with E-state index in [1.807, 2.05) is 15.9 Å². The fraction of sp³-hybridized carbons (Fsp3) is 0.435. The number of fused-ring (bicyclic) bond motifs is 1. The number of carbonyl (C=O) groups excluding carboxylic acids is 2. The highest BCUT2D eigenvalue weighted by Gasteiger charge is 2.27. The first kappa shape index (κ1) is 19.9. The minimum atomic E-state index is -0.569. The number of anilines is 2. The van der Waals surface area contributed by atoms with E-state index in [-0.39, 0.29) is 17.5 Å². The van der Waals surface area contributed by atoms with Crippen LogP contribution in [0.3, 0.4) is 0 Å². The molecule has 0 bridgehead atoms. The zero-order valence-electron chi connectivity index (χ0n) is 17.3. The monoisotopic (exact) mass is 424 g/mol. The first-order chi connectivity index (χ1) is 15.1. The summed E-state index contributed by atoms with van der Waals surface area (Å²) in [4.78, 5) is 33.4. The van der Waals surface area contributed by atoms with Crippen molar-refractivity contribution >= 4 is 23.3 Å². The van der Waals surface area contributed by atoms with E-state index in [0.717, 1.165) is 43.7 Å². The Morgan fingerprint density at radius 1 is 1.10 bits per heavy atom. The highest BCUT2D eigenvalue weighted by Crippen LogP contribution is 2.34. The lowest BCUT2D eigenvalue weighted by molar-refractivity contribution is -0.00352. The summed E-state index contributed by atoms with van der Waals surface area (Å²) in [6.45, 7) is 3.17. The summed E-state index contributed by atoms with van der Waals surface area (Å²) >= 11 is 0. The molecule has 4 heterocycles. The van der Waals surface area contributed by atoms with Gasteiger partial charge in [0, 0.05) is 31.5 Å². The number of nitrogens with one attached hydrogen (secondary N) is 1. The normalized spacial score (nSPS) is 18.5. The van der Waals surface area contributed by atoms with Crippen LogP contribution in [0.15, 0.2) is 30.5 Å². The Kier molecular flexibility index (Phi) is 5.31. The van der Waals surface area contributed by atoms with Crippen LogP contribution in [0.5, 0.6) is 0 Å². The summed E-state index contributed by atoms with van der Waals surface area (Å²) < 4.78 is 19.7. The van der Waals surface area contributed by atoms with Gasteiger partial charge in [0.15, 0.2) is 0 Å². The molecule has 0 spiro atoms. The fourth-order valence-corrected chi connectivity index (χ4v) is 4.35. The second kappa shape index (κ2) is 8.26. The number of carbonyl (C=O) groups is 2. The average Bonchev–Trinajstić information content (AvgIpc) is 3.19. The molecule has 3 aliphatic rings. The predicted octanol–water partition coefficient (Wildman–Crippen LogP) is 2.67. The Bertz CT molecular complexity index is 1020. The average molecular weight is 424 g/mol. The second-order valence-corrected chi connectivity index (χ2v) is 8.33. The number of amides is 2. The Hall–Kier alpha value is -3.00. The lowest BCUT2D eigenvalue weighted by Crippen LogP contribution is -2.48. The van der Waals surface area contributed by atoms with Gasteiger partial charge in [-0.3, -0.25) is 9.59 Å². The number of nitrogens with zero attached hydrogens (tertiary/aromatic N) is 3. The molecule has 2 fully saturated rings. The van der Waals surface area contributed by atoms with E-state index in [0.29, 0.717) is 31.0 Å². The fourth-order valence-electron chi connectivity index (χ4n) is 4.35. The van der Waals surface area contributed by atoms with Crippen LogP contribution < -0.4 is 10.2 Å². The number of hydrogen-bond donors (Lipinski definition) is 1. The van der Waals surface area contributed by atoms with E-state index >= 15 is 0 Å². The molecule has 0 unspecified atom stereocenters. The number of pyridine rings is 1. The van der Waals surface area contributed by atoms with Crippen molar-refractivity contribution in [1.82, 2.24) is 15.2 Å². The quantitative estimate of drug-likeness (QED) is 0.817. The molecule has 0 atom stereocenters. The molecular weight excluding hydrogens is 399 g/mol. The summed E-state index contributed by atoms with van der Waals surface area (Å²) in [5, 5.41) is 2.76. The van der Waals surface area contributed by atoms with E-state index in [2.05, 4.69) is 10.3 Å². The molecule has 8 heteroatoms. The van der Waals surface area contributed by atoms with Crippen molar-refractivity contribution < 1.29 is 18.7 Å². The van der Waals surface area contributed by atoms with Gasteiger partial charge in [0.05, 0.1) is 30.4 Å². The van der Waals surface area contributed by atoms with Gasteiger partial charge < -0.3 is 19.9 Å². The van der Waals surface area contributed by atoms with Crippen molar-refractivity contribution in [1.29, 1.82) is 0 Å². The van der Waals surface area contributed by atoms with Crippen LogP contribution in [0.25, 0.3) is 0 Å². The number of rotatable bonds is 4. The lowest BCUT2D eigenvalue weighted by Gasteiger charge is -2.27. The Balaban J connectivity index is 1.33. The van der Waals surface area contributed by atoms with Crippen LogP contribution in [-0.4, -0.2) is 60.6 Å². The van der Waals surface area contributed by atoms with Crippen LogP contribution in [-0.2, 0) is 11.2 Å². The minimum absolute atomic E-state index is 0.0190. The zero-order valence-corrected chi connectivity index (χ0v) is 17.3. The highest BCUT2D eigenvalue weighted by molar-refractivity contribution is 5.96. The predicted molar refractivity (Wildman–Crippen MR) is 113 cm³/mol. The first-order valence-electron chi connectivity index (χ1n) is 10.8. The topological polar surface area (TPSA) is 74.8 Å². The number of likely N-dealkylation sites (tertiary alicyclic amines) is 1. The van der Waals surface area contributed by atoms with Gasteiger partial charge in [-0.05, 0) is 55.5 Å². The molecule has 162 valence electrons. The largest absolute Gasteiger partial charge is 0.377 e. The molecule has 1 aromatic heterocycles. The third-order valence-electron chi connectivity index (χ3n) is 6.18. The highest BCUT2D eigenvalue weighted by atomic mass is 19.1. The molecule has 7 nitrogen and oxygen atoms in total. The van der Waals surface area contributed by atoms with Gasteiger partial charge >= 0.3 is 0 Å². The van der Waals surface area contributed by atoms with Crippen molar-refractivity contribution in [3.05, 3.63) is 53.0 Å². The Morgan fingerprint density at radius 2 is 1.90 bits per heavy atom. The molecule has 1 N–H and O–H groups in total. The van der Waals surface area contributed by atoms with Crippen LogP contribution in [0.4, 0.5) is 15.9 Å². The summed E-state index contributed by atoms with van der Waals surface area (Å²) in [6.07, 6.45) is 5.62. The van der Waals surface area contributed by atoms with E-state index in [9.17, 15) is 14.0 Å². The number of halogens is 1. The maximum absolute atomic E-state index is 14.7. The number of hydrogen-bond acceptors (Lipinski definition) is 5. The summed E-state index contributed by atoms with van der Waals surface area (Å²) in [6, 6.07) is 6.47. The maximum atomic E-state index is 14.7. The Morgan fingerprint density at radius 3 is 2.61 bits per heavy atom. The second-order valence-electron chi connectivity index (χ2n) is 8.33. The standard InChI is InChI=1S/C23H25FN4O3/c24-20-11-18(4-5-19(20)22(29)26-17-13-31-14-17)28-9-6-15-10-16(12-25-21(15)28)23(30)27-7-2-1-3-8-27/h4-5,10-12,17H,1-3,6-9,13-14H2,(H,26,29). The van der Waals surface area contributed by atoms with Gasteiger partial charge in [-0.2, -0.15) is 0 Å². The number of ether oxygens (including phenoxy) is 1. The number of benzene rings is 1. The van der Waals surface area contributed by atoms with E-state index in [1.54, 1.807) is 12.3 Å². The van der Waals surface area contributed by atoms with Gasteiger partial charge in [-0.15, -0.1) is 0 Å². The van der Waals surface area contributed by atoms with Gasteiger partial charge in [0.1, 0.15) is 11.6 Å². The molecule has 5 rings (SSSR count). The third-order valence-corrected chi connectivity index (χ3v) is 6.18. The number of piperidine rings is 1. The maximum Gasteiger partial charge on any atom is 0.255 e. The van der Waals surface area contributed by atoms with E-state index in [1.165, 1.54) is 18.6 Å². The van der Waals surface area contributed by atoms with E-state index in [4.69, 9.17) is 4.74 Å². The first-order valence-corrected chi connectivity index (χ1v) is 10.8. The van der Waals surface area contributed by atoms with Crippen molar-refractivity contribution in [3.8, 4) is 0 Å². The molecule has 2 amide bonds. The van der Waals surface area contributed by atoms with E-state index < -0.39 is 11.7 Å². The van der Waals surface area contributed by atoms with Gasteiger partial charge in [-0.25, -0.2) is 9.37 Å². The third kappa shape index (κ3) is 3.87. The summed E-state index contributed by atoms with van der Waals surface area (Å²) in [7, 11) is 0.